The van der Waals surface area contributed by atoms with Crippen molar-refractivity contribution < 1.29 is 43.2 Å². The standard InChI is InChI=1S/C17H33N3O8.C10H18N2OS.C2H6/c18-4-6-25-7-8-26-9-10-27-11-12-28-13-16(22)20-15(17(23)24)3-1-2-5-19-14-21;1-2-3-4-5-8-9-7(6-14-8)11-10(13)12-9;1-2/h14-15H,1-13,18H2,(H,19,21)(H,20,22)(H,23,24);7-9H,2-6H2,1H3,(H2,11,12,13);1-2H3/t15-;;/m0../s1. The lowest BCUT2D eigenvalue weighted by Crippen LogP contribution is -2.42. The van der Waals surface area contributed by atoms with Crippen LogP contribution in [-0.4, -0.2) is 124 Å². The first-order chi connectivity index (χ1) is 21.4. The molecule has 0 bridgehead atoms. The van der Waals surface area contributed by atoms with Crippen molar-refractivity contribution in [3.05, 3.63) is 0 Å². The molecule has 258 valence electrons. The third-order valence-electron chi connectivity index (χ3n) is 6.42. The third-order valence-corrected chi connectivity index (χ3v) is 7.93. The van der Waals surface area contributed by atoms with Gasteiger partial charge in [-0.15, -0.1) is 0 Å². The maximum atomic E-state index is 11.7. The Hall–Kier alpha value is -2.17. The summed E-state index contributed by atoms with van der Waals surface area (Å²) in [5, 5.41) is 20.7. The number of nitrogens with one attached hydrogen (secondary N) is 4. The molecule has 2 fully saturated rings. The summed E-state index contributed by atoms with van der Waals surface area (Å²) in [5.74, 6) is -0.520. The maximum Gasteiger partial charge on any atom is 0.326 e. The Bertz CT molecular complexity index is 754. The van der Waals surface area contributed by atoms with E-state index < -0.39 is 17.9 Å². The van der Waals surface area contributed by atoms with Crippen molar-refractivity contribution in [1.82, 2.24) is 21.3 Å². The van der Waals surface area contributed by atoms with Gasteiger partial charge in [0.1, 0.15) is 12.6 Å². The summed E-state index contributed by atoms with van der Waals surface area (Å²) >= 11 is 2.01. The first-order valence-corrected chi connectivity index (χ1v) is 16.9. The van der Waals surface area contributed by atoms with Gasteiger partial charge in [0.05, 0.1) is 58.3 Å². The summed E-state index contributed by atoms with van der Waals surface area (Å²) in [6, 6.07) is -0.168. The number of hydrogen-bond acceptors (Lipinski definition) is 10. The molecule has 0 aromatic heterocycles. The van der Waals surface area contributed by atoms with E-state index in [-0.39, 0.29) is 25.7 Å². The summed E-state index contributed by atoms with van der Waals surface area (Å²) in [6.07, 6.45) is 7.21. The number of nitrogens with two attached hydrogens (primary N) is 1. The van der Waals surface area contributed by atoms with Gasteiger partial charge in [0.15, 0.2) is 0 Å². The van der Waals surface area contributed by atoms with Gasteiger partial charge >= 0.3 is 12.0 Å². The van der Waals surface area contributed by atoms with E-state index in [0.717, 1.165) is 5.75 Å². The number of rotatable bonds is 25. The molecule has 7 N–H and O–H groups in total. The minimum atomic E-state index is -1.10. The summed E-state index contributed by atoms with van der Waals surface area (Å²) in [7, 11) is 0. The molecule has 0 aromatic rings. The molecule has 15 heteroatoms. The predicted octanol–water partition coefficient (Wildman–Crippen LogP) is 1.26. The average molecular weight is 652 g/mol. The highest BCUT2D eigenvalue weighted by Crippen LogP contribution is 2.33. The molecular formula is C29H57N5O9S. The molecule has 0 spiro atoms. The van der Waals surface area contributed by atoms with Gasteiger partial charge in [0.2, 0.25) is 12.3 Å². The first kappa shape index (κ1) is 41.8. The molecule has 44 heavy (non-hydrogen) atoms. The Morgan fingerprint density at radius 3 is 2.23 bits per heavy atom. The zero-order valence-corrected chi connectivity index (χ0v) is 27.6. The van der Waals surface area contributed by atoms with Gasteiger partial charge in [0, 0.05) is 24.1 Å². The largest absolute Gasteiger partial charge is 0.480 e. The van der Waals surface area contributed by atoms with E-state index in [4.69, 9.17) is 29.8 Å². The van der Waals surface area contributed by atoms with Gasteiger partial charge in [-0.3, -0.25) is 9.59 Å². The van der Waals surface area contributed by atoms with E-state index >= 15 is 0 Å². The van der Waals surface area contributed by atoms with Crippen LogP contribution in [0.4, 0.5) is 4.79 Å². The summed E-state index contributed by atoms with van der Waals surface area (Å²) in [4.78, 5) is 44.1. The van der Waals surface area contributed by atoms with Crippen LogP contribution in [0.1, 0.15) is 65.7 Å². The van der Waals surface area contributed by atoms with Crippen molar-refractivity contribution in [2.75, 3.05) is 71.7 Å². The zero-order valence-electron chi connectivity index (χ0n) is 26.8. The second-order valence-electron chi connectivity index (χ2n) is 9.82. The van der Waals surface area contributed by atoms with Gasteiger partial charge in [-0.25, -0.2) is 9.59 Å². The molecule has 2 saturated heterocycles. The van der Waals surface area contributed by atoms with Crippen LogP contribution in [0.5, 0.6) is 0 Å². The quantitative estimate of drug-likeness (QED) is 0.0472. The van der Waals surface area contributed by atoms with E-state index in [2.05, 4.69) is 28.2 Å². The number of unbranched alkanes of at least 4 members (excludes halogenated alkanes) is 3. The number of carbonyl (C=O) groups excluding carboxylic acids is 3. The summed E-state index contributed by atoms with van der Waals surface area (Å²) in [5.41, 5.74) is 5.28. The number of carbonyl (C=O) groups is 4. The monoisotopic (exact) mass is 651 g/mol. The Balaban J connectivity index is 0.000000951. The van der Waals surface area contributed by atoms with E-state index in [1.165, 1.54) is 25.7 Å². The fraction of sp³-hybridized carbons (Fsp3) is 0.862. The Morgan fingerprint density at radius 2 is 1.64 bits per heavy atom. The number of aliphatic carboxylic acids is 1. The molecule has 2 aliphatic heterocycles. The molecule has 4 atom stereocenters. The molecule has 0 saturated carbocycles. The Labute approximate surface area is 267 Å². The van der Waals surface area contributed by atoms with Crippen LogP contribution in [0.3, 0.4) is 0 Å². The minimum absolute atomic E-state index is 0.0285. The summed E-state index contributed by atoms with van der Waals surface area (Å²) < 4.78 is 20.9. The van der Waals surface area contributed by atoms with E-state index in [1.54, 1.807) is 0 Å². The number of ether oxygens (including phenoxy) is 4. The molecule has 0 radical (unpaired) electrons. The van der Waals surface area contributed by atoms with Gasteiger partial charge < -0.3 is 51.1 Å². The van der Waals surface area contributed by atoms with Crippen molar-refractivity contribution in [3.63, 3.8) is 0 Å². The van der Waals surface area contributed by atoms with Gasteiger partial charge in [-0.2, -0.15) is 11.8 Å². The third kappa shape index (κ3) is 21.5. The number of carboxylic acid groups (broad SMARTS) is 1. The summed E-state index contributed by atoms with van der Waals surface area (Å²) in [6.45, 7) is 9.74. The highest BCUT2D eigenvalue weighted by atomic mass is 32.2. The van der Waals surface area contributed by atoms with Crippen molar-refractivity contribution in [2.45, 2.75) is 89.1 Å². The Morgan fingerprint density at radius 1 is 1.00 bits per heavy atom. The molecule has 2 heterocycles. The van der Waals surface area contributed by atoms with E-state index in [0.29, 0.717) is 89.3 Å². The molecule has 14 nitrogen and oxygen atoms in total. The smallest absolute Gasteiger partial charge is 0.326 e. The molecule has 4 amide bonds. The van der Waals surface area contributed by atoms with Crippen LogP contribution in [0.15, 0.2) is 0 Å². The molecule has 2 aliphatic rings. The van der Waals surface area contributed by atoms with Crippen LogP contribution in [0.25, 0.3) is 0 Å². The maximum absolute atomic E-state index is 11.7. The highest BCUT2D eigenvalue weighted by molar-refractivity contribution is 8.00. The lowest BCUT2D eigenvalue weighted by atomic mass is 10.0. The SMILES string of the molecule is CC.CCCCCC1SCC2NC(=O)NC21.NCCOCCOCCOCCOCC(=O)N[C@@H](CCCCNC=O)C(=O)O. The van der Waals surface area contributed by atoms with Crippen molar-refractivity contribution in [3.8, 4) is 0 Å². The number of carboxylic acids is 1. The number of hydrogen-bond donors (Lipinski definition) is 6. The molecular weight excluding hydrogens is 594 g/mol. The van der Waals surface area contributed by atoms with Crippen LogP contribution in [0, 0.1) is 0 Å². The number of thioether (sulfide) groups is 1. The fourth-order valence-electron chi connectivity index (χ4n) is 4.27. The van der Waals surface area contributed by atoms with Gasteiger partial charge in [-0.1, -0.05) is 40.0 Å². The minimum Gasteiger partial charge on any atom is -0.480 e. The Kier molecular flexibility index (Phi) is 28.1. The molecule has 3 unspecified atom stereocenters. The van der Waals surface area contributed by atoms with Crippen LogP contribution < -0.4 is 27.0 Å². The number of amides is 4. The highest BCUT2D eigenvalue weighted by Gasteiger charge is 2.42. The average Bonchev–Trinajstić information content (AvgIpc) is 3.57. The van der Waals surface area contributed by atoms with Crippen molar-refractivity contribution in [2.24, 2.45) is 5.73 Å². The van der Waals surface area contributed by atoms with Crippen LogP contribution in [-0.2, 0) is 33.3 Å². The number of fused-ring (bicyclic) bond motifs is 1. The van der Waals surface area contributed by atoms with E-state index in [1.807, 2.05) is 25.6 Å². The fourth-order valence-corrected chi connectivity index (χ4v) is 5.82. The number of urea groups is 1. The second-order valence-corrected chi connectivity index (χ2v) is 11.1. The molecule has 0 aromatic carbocycles. The lowest BCUT2D eigenvalue weighted by Gasteiger charge is -2.16. The van der Waals surface area contributed by atoms with Gasteiger partial charge in [-0.05, 0) is 25.7 Å². The molecule has 0 aliphatic carbocycles. The van der Waals surface area contributed by atoms with E-state index in [9.17, 15) is 19.2 Å². The zero-order chi connectivity index (χ0) is 32.8. The van der Waals surface area contributed by atoms with Gasteiger partial charge in [0.25, 0.3) is 0 Å². The van der Waals surface area contributed by atoms with Crippen molar-refractivity contribution in [1.29, 1.82) is 0 Å². The van der Waals surface area contributed by atoms with Crippen LogP contribution in [0.2, 0.25) is 0 Å². The van der Waals surface area contributed by atoms with Crippen molar-refractivity contribution >= 4 is 36.1 Å². The lowest BCUT2D eigenvalue weighted by molar-refractivity contribution is -0.142. The first-order valence-electron chi connectivity index (χ1n) is 15.8. The predicted molar refractivity (Wildman–Crippen MR) is 171 cm³/mol. The topological polar surface area (TPSA) is 200 Å². The second kappa shape index (κ2) is 29.5. The molecule has 2 rings (SSSR count). The van der Waals surface area contributed by atoms with Crippen LogP contribution >= 0.6 is 11.8 Å². The normalized spacial score (nSPS) is 18.8.